The number of carbonyl (C=O) groups is 1. The first kappa shape index (κ1) is 18.2. The van der Waals surface area contributed by atoms with Gasteiger partial charge < -0.3 is 15.0 Å². The highest BCUT2D eigenvalue weighted by molar-refractivity contribution is 5.76. The summed E-state index contributed by atoms with van der Waals surface area (Å²) in [4.78, 5) is 14.9. The fourth-order valence-electron chi connectivity index (χ4n) is 5.42. The maximum atomic E-state index is 12.8. The number of hydrogen-bond donors (Lipinski definition) is 1. The normalized spacial score (nSPS) is 30.1. The molecule has 2 saturated carbocycles. The van der Waals surface area contributed by atoms with Gasteiger partial charge in [0, 0.05) is 31.5 Å². The van der Waals surface area contributed by atoms with Crippen LogP contribution in [-0.2, 0) is 9.53 Å². The van der Waals surface area contributed by atoms with Gasteiger partial charge >= 0.3 is 0 Å². The van der Waals surface area contributed by atoms with Crippen molar-refractivity contribution in [2.75, 3.05) is 26.7 Å². The molecule has 0 bridgehead atoms. The Morgan fingerprint density at radius 2 is 1.92 bits per heavy atom. The van der Waals surface area contributed by atoms with Crippen LogP contribution in [0, 0.1) is 11.3 Å². The van der Waals surface area contributed by atoms with E-state index in [1.807, 2.05) is 7.05 Å². The lowest BCUT2D eigenvalue weighted by atomic mass is 9.54. The average molecular weight is 337 g/mol. The number of nitrogens with one attached hydrogen (secondary N) is 1. The minimum atomic E-state index is 0.257. The Hall–Kier alpha value is -0.610. The van der Waals surface area contributed by atoms with Crippen LogP contribution in [0.3, 0.4) is 0 Å². The van der Waals surface area contributed by atoms with Crippen LogP contribution in [0.5, 0.6) is 0 Å². The summed E-state index contributed by atoms with van der Waals surface area (Å²) in [5.41, 5.74) is 0.257. The zero-order valence-electron chi connectivity index (χ0n) is 15.7. The minimum absolute atomic E-state index is 0.257. The molecule has 0 aromatic rings. The molecule has 0 radical (unpaired) electrons. The van der Waals surface area contributed by atoms with Crippen LogP contribution in [-0.4, -0.2) is 49.7 Å². The first-order chi connectivity index (χ1) is 11.7. The molecule has 1 heterocycles. The number of hydrogen-bond acceptors (Lipinski definition) is 3. The molecule has 1 N–H and O–H groups in total. The van der Waals surface area contributed by atoms with Crippen molar-refractivity contribution in [1.29, 1.82) is 0 Å². The van der Waals surface area contributed by atoms with Crippen LogP contribution in [0.25, 0.3) is 0 Å². The maximum Gasteiger partial charge on any atom is 0.222 e. The number of nitrogens with zero attached hydrogens (tertiary/aromatic N) is 1. The van der Waals surface area contributed by atoms with Gasteiger partial charge in [-0.25, -0.2) is 0 Å². The second-order valence-corrected chi connectivity index (χ2v) is 8.23. The quantitative estimate of drug-likeness (QED) is 0.809. The summed E-state index contributed by atoms with van der Waals surface area (Å²) in [5, 5.41) is 3.41. The molecule has 1 aliphatic heterocycles. The highest BCUT2D eigenvalue weighted by Gasteiger charge is 2.57. The summed E-state index contributed by atoms with van der Waals surface area (Å²) in [7, 11) is 2.05. The molecule has 3 rings (SSSR count). The van der Waals surface area contributed by atoms with Crippen LogP contribution in [0.2, 0.25) is 0 Å². The van der Waals surface area contributed by atoms with Crippen LogP contribution in [0.1, 0.15) is 71.1 Å². The third-order valence-electron chi connectivity index (χ3n) is 6.98. The maximum absolute atomic E-state index is 12.8. The average Bonchev–Trinajstić information content (AvgIpc) is 2.64. The molecule has 4 heteroatoms. The topological polar surface area (TPSA) is 41.6 Å². The predicted molar refractivity (Wildman–Crippen MR) is 96.9 cm³/mol. The monoisotopic (exact) mass is 336 g/mol. The Morgan fingerprint density at radius 3 is 2.58 bits per heavy atom. The first-order valence-electron chi connectivity index (χ1n) is 10.3. The molecule has 24 heavy (non-hydrogen) atoms. The molecule has 138 valence electrons. The van der Waals surface area contributed by atoms with Gasteiger partial charge in [-0.3, -0.25) is 4.79 Å². The highest BCUT2D eigenvalue weighted by atomic mass is 16.5. The number of carbonyl (C=O) groups excluding carboxylic acids is 1. The van der Waals surface area contributed by atoms with Gasteiger partial charge in [0.05, 0.1) is 6.10 Å². The van der Waals surface area contributed by atoms with Gasteiger partial charge in [-0.15, -0.1) is 0 Å². The second kappa shape index (κ2) is 8.18. The van der Waals surface area contributed by atoms with E-state index >= 15 is 0 Å². The van der Waals surface area contributed by atoms with E-state index in [2.05, 4.69) is 17.1 Å². The molecule has 1 spiro atoms. The van der Waals surface area contributed by atoms with Crippen LogP contribution in [0.4, 0.5) is 0 Å². The summed E-state index contributed by atoms with van der Waals surface area (Å²) in [6.07, 6.45) is 12.1. The van der Waals surface area contributed by atoms with Crippen molar-refractivity contribution in [3.05, 3.63) is 0 Å². The van der Waals surface area contributed by atoms with Gasteiger partial charge in [0.2, 0.25) is 5.91 Å². The third kappa shape index (κ3) is 3.65. The van der Waals surface area contributed by atoms with E-state index < -0.39 is 0 Å². The molecule has 4 nitrogen and oxygen atoms in total. The Bertz CT molecular complexity index is 414. The zero-order valence-corrected chi connectivity index (χ0v) is 15.7. The Kier molecular flexibility index (Phi) is 6.20. The molecule has 3 aliphatic rings. The van der Waals surface area contributed by atoms with E-state index in [0.717, 1.165) is 44.9 Å². The highest BCUT2D eigenvalue weighted by Crippen LogP contribution is 2.55. The largest absolute Gasteiger partial charge is 0.378 e. The number of rotatable bonds is 6. The van der Waals surface area contributed by atoms with Crippen LogP contribution < -0.4 is 5.32 Å². The van der Waals surface area contributed by atoms with Crippen molar-refractivity contribution in [3.8, 4) is 0 Å². The van der Waals surface area contributed by atoms with E-state index in [1.165, 1.54) is 44.9 Å². The Labute approximate surface area is 147 Å². The van der Waals surface area contributed by atoms with Gasteiger partial charge in [-0.1, -0.05) is 19.3 Å². The van der Waals surface area contributed by atoms with E-state index in [0.29, 0.717) is 18.1 Å². The Morgan fingerprint density at radius 1 is 1.21 bits per heavy atom. The lowest BCUT2D eigenvalue weighted by Crippen LogP contribution is -2.65. The summed E-state index contributed by atoms with van der Waals surface area (Å²) in [5.74, 6) is 1.10. The van der Waals surface area contributed by atoms with E-state index in [9.17, 15) is 4.79 Å². The standard InChI is InChI=1S/C20H36N2O2/c1-3-24-18-15-17(20(18)11-5-4-6-12-20)22(2)19(23)8-7-16-9-13-21-14-10-16/h16-18,21H,3-15H2,1-2H3. The summed E-state index contributed by atoms with van der Waals surface area (Å²) in [6.45, 7) is 5.14. The van der Waals surface area contributed by atoms with Crippen molar-refractivity contribution in [1.82, 2.24) is 10.2 Å². The van der Waals surface area contributed by atoms with Crippen LogP contribution >= 0.6 is 0 Å². The summed E-state index contributed by atoms with van der Waals surface area (Å²) >= 11 is 0. The van der Waals surface area contributed by atoms with Gasteiger partial charge in [-0.2, -0.15) is 0 Å². The minimum Gasteiger partial charge on any atom is -0.378 e. The number of amides is 1. The smallest absolute Gasteiger partial charge is 0.222 e. The molecule has 1 saturated heterocycles. The fourth-order valence-corrected chi connectivity index (χ4v) is 5.42. The molecule has 1 amide bonds. The van der Waals surface area contributed by atoms with E-state index in [1.54, 1.807) is 0 Å². The third-order valence-corrected chi connectivity index (χ3v) is 6.98. The molecule has 2 atom stereocenters. The van der Waals surface area contributed by atoms with Crippen molar-refractivity contribution in [2.45, 2.75) is 83.3 Å². The van der Waals surface area contributed by atoms with Crippen molar-refractivity contribution >= 4 is 5.91 Å². The van der Waals surface area contributed by atoms with Crippen molar-refractivity contribution in [2.24, 2.45) is 11.3 Å². The number of piperidine rings is 1. The summed E-state index contributed by atoms with van der Waals surface area (Å²) in [6, 6.07) is 0.412. The van der Waals surface area contributed by atoms with Crippen molar-refractivity contribution < 1.29 is 9.53 Å². The van der Waals surface area contributed by atoms with E-state index in [4.69, 9.17) is 4.74 Å². The predicted octanol–water partition coefficient (Wildman–Crippen LogP) is 3.35. The first-order valence-corrected chi connectivity index (χ1v) is 10.3. The molecular weight excluding hydrogens is 300 g/mol. The summed E-state index contributed by atoms with van der Waals surface area (Å²) < 4.78 is 6.04. The zero-order chi connectivity index (χ0) is 17.0. The lowest BCUT2D eigenvalue weighted by molar-refractivity contribution is -0.185. The van der Waals surface area contributed by atoms with Gasteiger partial charge in [-0.05, 0) is 64.5 Å². The van der Waals surface area contributed by atoms with Gasteiger partial charge in [0.15, 0.2) is 0 Å². The molecule has 2 aliphatic carbocycles. The molecule has 2 unspecified atom stereocenters. The molecule has 3 fully saturated rings. The molecule has 0 aromatic heterocycles. The van der Waals surface area contributed by atoms with Crippen LogP contribution in [0.15, 0.2) is 0 Å². The Balaban J connectivity index is 1.54. The SMILES string of the molecule is CCOC1CC(N(C)C(=O)CCC2CCNCC2)C12CCCCC2. The number of ether oxygens (including phenoxy) is 1. The van der Waals surface area contributed by atoms with E-state index in [-0.39, 0.29) is 5.41 Å². The fraction of sp³-hybridized carbons (Fsp3) is 0.950. The molecule has 0 aromatic carbocycles. The second-order valence-electron chi connectivity index (χ2n) is 8.23. The van der Waals surface area contributed by atoms with Gasteiger partial charge in [0.1, 0.15) is 0 Å². The van der Waals surface area contributed by atoms with Crippen molar-refractivity contribution in [3.63, 3.8) is 0 Å². The van der Waals surface area contributed by atoms with Gasteiger partial charge in [0.25, 0.3) is 0 Å². The lowest BCUT2D eigenvalue weighted by Gasteiger charge is -2.60. The molecular formula is C20H36N2O2.